The number of carbonyl (C=O) groups is 1. The molecule has 0 fully saturated rings. The van der Waals surface area contributed by atoms with Gasteiger partial charge in [0.2, 0.25) is 0 Å². The molecule has 2 aromatic rings. The number of urea groups is 1. The first-order valence-corrected chi connectivity index (χ1v) is 8.66. The van der Waals surface area contributed by atoms with Gasteiger partial charge >= 0.3 is 6.03 Å². The number of benzene rings is 2. The van der Waals surface area contributed by atoms with Crippen LogP contribution in [0.2, 0.25) is 0 Å². The van der Waals surface area contributed by atoms with E-state index in [1.54, 1.807) is 7.11 Å². The normalized spacial score (nSPS) is 12.6. The van der Waals surface area contributed by atoms with Gasteiger partial charge in [0.25, 0.3) is 0 Å². The van der Waals surface area contributed by atoms with E-state index in [1.807, 2.05) is 48.2 Å². The van der Waals surface area contributed by atoms with Crippen LogP contribution in [0.1, 0.15) is 18.1 Å². The van der Waals surface area contributed by atoms with E-state index in [1.165, 1.54) is 5.56 Å². The van der Waals surface area contributed by atoms with Crippen LogP contribution in [-0.2, 0) is 12.8 Å². The second-order valence-electron chi connectivity index (χ2n) is 5.93. The van der Waals surface area contributed by atoms with E-state index >= 15 is 0 Å². The Morgan fingerprint density at radius 2 is 2.04 bits per heavy atom. The Labute approximate surface area is 148 Å². The van der Waals surface area contributed by atoms with Gasteiger partial charge in [-0.05, 0) is 49.1 Å². The van der Waals surface area contributed by atoms with Gasteiger partial charge in [0.05, 0.1) is 13.7 Å². The van der Waals surface area contributed by atoms with E-state index in [4.69, 9.17) is 9.47 Å². The maximum absolute atomic E-state index is 12.4. The smallest absolute Gasteiger partial charge is 0.321 e. The third kappa shape index (κ3) is 3.87. The fourth-order valence-corrected chi connectivity index (χ4v) is 3.10. The van der Waals surface area contributed by atoms with Gasteiger partial charge in [-0.3, -0.25) is 4.90 Å². The minimum absolute atomic E-state index is 0.0390. The van der Waals surface area contributed by atoms with Gasteiger partial charge < -0.3 is 14.8 Å². The maximum Gasteiger partial charge on any atom is 0.321 e. The highest BCUT2D eigenvalue weighted by atomic mass is 16.5. The number of methoxy groups -OCH3 is 1. The number of hydrogen-bond donors (Lipinski definition) is 1. The lowest BCUT2D eigenvalue weighted by Crippen LogP contribution is -2.39. The van der Waals surface area contributed by atoms with Gasteiger partial charge in [0, 0.05) is 18.8 Å². The number of fused-ring (bicyclic) bond motifs is 1. The van der Waals surface area contributed by atoms with Gasteiger partial charge in [-0.15, -0.1) is 0 Å². The van der Waals surface area contributed by atoms with Crippen LogP contribution in [0.4, 0.5) is 10.5 Å². The molecule has 1 heterocycles. The summed E-state index contributed by atoms with van der Waals surface area (Å²) >= 11 is 0. The summed E-state index contributed by atoms with van der Waals surface area (Å²) in [6, 6.07) is 13.9. The van der Waals surface area contributed by atoms with Crippen LogP contribution in [0.5, 0.6) is 11.5 Å². The fraction of sp³-hybridized carbons (Fsp3) is 0.350. The number of para-hydroxylation sites is 1. The molecule has 5 nitrogen and oxygen atoms in total. The van der Waals surface area contributed by atoms with Gasteiger partial charge in [-0.25, -0.2) is 4.79 Å². The molecule has 0 radical (unpaired) electrons. The maximum atomic E-state index is 12.4. The monoisotopic (exact) mass is 340 g/mol. The number of anilines is 1. The number of nitrogens with zero attached hydrogens (tertiary/aromatic N) is 1. The van der Waals surface area contributed by atoms with E-state index in [9.17, 15) is 4.79 Å². The van der Waals surface area contributed by atoms with E-state index in [0.29, 0.717) is 13.2 Å². The van der Waals surface area contributed by atoms with Crippen LogP contribution < -0.4 is 19.7 Å². The van der Waals surface area contributed by atoms with Crippen molar-refractivity contribution in [2.45, 2.75) is 19.8 Å². The summed E-state index contributed by atoms with van der Waals surface area (Å²) in [5, 5.41) is 3.01. The Hall–Kier alpha value is -2.69. The predicted octanol–water partition coefficient (Wildman–Crippen LogP) is 3.41. The van der Waals surface area contributed by atoms with Crippen LogP contribution in [-0.4, -0.2) is 32.8 Å². The number of amides is 2. The van der Waals surface area contributed by atoms with E-state index < -0.39 is 0 Å². The van der Waals surface area contributed by atoms with Crippen molar-refractivity contribution in [3.05, 3.63) is 53.6 Å². The zero-order valence-corrected chi connectivity index (χ0v) is 14.7. The third-order valence-corrected chi connectivity index (χ3v) is 4.35. The molecule has 0 saturated carbocycles. The summed E-state index contributed by atoms with van der Waals surface area (Å²) in [6.45, 7) is 3.86. The molecule has 1 aliphatic rings. The fourth-order valence-electron chi connectivity index (χ4n) is 3.10. The van der Waals surface area contributed by atoms with Gasteiger partial charge in [-0.1, -0.05) is 24.3 Å². The molecule has 3 rings (SSSR count). The molecular weight excluding hydrogens is 316 g/mol. The second kappa shape index (κ2) is 7.92. The van der Waals surface area contributed by atoms with Crippen LogP contribution in [0.3, 0.4) is 0 Å². The van der Waals surface area contributed by atoms with Crippen molar-refractivity contribution in [3.63, 3.8) is 0 Å². The lowest BCUT2D eigenvalue weighted by atomic mass is 10.1. The van der Waals surface area contributed by atoms with Gasteiger partial charge in [-0.2, -0.15) is 0 Å². The third-order valence-electron chi connectivity index (χ3n) is 4.35. The van der Waals surface area contributed by atoms with Crippen LogP contribution in [0, 0.1) is 0 Å². The standard InChI is InChI=1S/C20H24N2O3/c1-3-25-18-9-8-15(14-19(18)24-2)10-12-21-20(23)22-13-11-16-6-4-5-7-17(16)22/h4-9,14H,3,10-13H2,1-2H3,(H,21,23). The molecule has 0 aliphatic carbocycles. The van der Waals surface area contributed by atoms with Gasteiger partial charge in [0.15, 0.2) is 11.5 Å². The Bertz CT molecular complexity index is 745. The van der Waals surface area contributed by atoms with Crippen molar-refractivity contribution in [2.75, 3.05) is 31.7 Å². The largest absolute Gasteiger partial charge is 0.493 e. The summed E-state index contributed by atoms with van der Waals surface area (Å²) < 4.78 is 10.9. The quantitative estimate of drug-likeness (QED) is 0.877. The molecule has 2 aromatic carbocycles. The second-order valence-corrected chi connectivity index (χ2v) is 5.93. The summed E-state index contributed by atoms with van der Waals surface area (Å²) in [4.78, 5) is 14.2. The Kier molecular flexibility index (Phi) is 5.43. The van der Waals surface area contributed by atoms with E-state index in [-0.39, 0.29) is 6.03 Å². The van der Waals surface area contributed by atoms with Crippen molar-refractivity contribution >= 4 is 11.7 Å². The molecule has 0 unspecified atom stereocenters. The molecular formula is C20H24N2O3. The first-order chi connectivity index (χ1) is 12.2. The molecule has 0 spiro atoms. The average Bonchev–Trinajstić information content (AvgIpc) is 3.07. The Balaban J connectivity index is 1.55. The lowest BCUT2D eigenvalue weighted by molar-refractivity contribution is 0.247. The first kappa shape index (κ1) is 17.1. The molecule has 0 bridgehead atoms. The molecule has 25 heavy (non-hydrogen) atoms. The molecule has 2 amide bonds. The SMILES string of the molecule is CCOc1ccc(CCNC(=O)N2CCc3ccccc32)cc1OC. The summed E-state index contributed by atoms with van der Waals surface area (Å²) in [7, 11) is 1.63. The molecule has 132 valence electrons. The molecule has 1 aliphatic heterocycles. The first-order valence-electron chi connectivity index (χ1n) is 8.66. The van der Waals surface area contributed by atoms with Crippen molar-refractivity contribution < 1.29 is 14.3 Å². The Morgan fingerprint density at radius 1 is 1.20 bits per heavy atom. The number of nitrogens with one attached hydrogen (secondary N) is 1. The highest BCUT2D eigenvalue weighted by molar-refractivity contribution is 5.94. The summed E-state index contributed by atoms with van der Waals surface area (Å²) in [5.41, 5.74) is 3.35. The van der Waals surface area contributed by atoms with Crippen LogP contribution in [0.15, 0.2) is 42.5 Å². The molecule has 0 aromatic heterocycles. The summed E-state index contributed by atoms with van der Waals surface area (Å²) in [6.07, 6.45) is 1.66. The minimum Gasteiger partial charge on any atom is -0.493 e. The van der Waals surface area contributed by atoms with Crippen molar-refractivity contribution in [1.29, 1.82) is 0 Å². The molecule has 1 N–H and O–H groups in total. The van der Waals surface area contributed by atoms with Crippen molar-refractivity contribution in [3.8, 4) is 11.5 Å². The predicted molar refractivity (Wildman–Crippen MR) is 98.8 cm³/mol. The van der Waals surface area contributed by atoms with Crippen LogP contribution >= 0.6 is 0 Å². The van der Waals surface area contributed by atoms with Crippen molar-refractivity contribution in [1.82, 2.24) is 5.32 Å². The van der Waals surface area contributed by atoms with E-state index in [0.717, 1.165) is 42.1 Å². The topological polar surface area (TPSA) is 50.8 Å². The molecule has 0 atom stereocenters. The van der Waals surface area contributed by atoms with Crippen LogP contribution in [0.25, 0.3) is 0 Å². The lowest BCUT2D eigenvalue weighted by Gasteiger charge is -2.18. The van der Waals surface area contributed by atoms with Crippen molar-refractivity contribution in [2.24, 2.45) is 0 Å². The molecule has 5 heteroatoms. The zero-order chi connectivity index (χ0) is 17.6. The number of ether oxygens (including phenoxy) is 2. The highest BCUT2D eigenvalue weighted by Gasteiger charge is 2.23. The zero-order valence-electron chi connectivity index (χ0n) is 14.7. The number of carbonyl (C=O) groups excluding carboxylic acids is 1. The summed E-state index contributed by atoms with van der Waals surface area (Å²) in [5.74, 6) is 1.46. The van der Waals surface area contributed by atoms with E-state index in [2.05, 4.69) is 11.4 Å². The number of rotatable bonds is 6. The molecule has 0 saturated heterocycles. The minimum atomic E-state index is -0.0390. The number of hydrogen-bond acceptors (Lipinski definition) is 3. The average molecular weight is 340 g/mol. The van der Waals surface area contributed by atoms with Gasteiger partial charge in [0.1, 0.15) is 0 Å². The Morgan fingerprint density at radius 3 is 2.84 bits per heavy atom. The highest BCUT2D eigenvalue weighted by Crippen LogP contribution is 2.29.